The maximum Gasteiger partial charge on any atom is 0.220 e. The van der Waals surface area contributed by atoms with Crippen LogP contribution in [0, 0.1) is 5.92 Å². The number of nitrogens with one attached hydrogen (secondary N) is 2. The van der Waals surface area contributed by atoms with Crippen LogP contribution in [0.4, 0.5) is 0 Å². The Bertz CT molecular complexity index is 193. The van der Waals surface area contributed by atoms with Crippen molar-refractivity contribution in [3.05, 3.63) is 0 Å². The highest BCUT2D eigenvalue weighted by Crippen LogP contribution is 2.17. The average molecular weight is 249 g/mol. The first-order valence-electron chi connectivity index (χ1n) is 6.22. The molecule has 1 saturated heterocycles. The Balaban J connectivity index is 0.00000225. The van der Waals surface area contributed by atoms with Crippen molar-refractivity contribution < 1.29 is 4.79 Å². The van der Waals surface area contributed by atoms with E-state index in [1.807, 2.05) is 0 Å². The Morgan fingerprint density at radius 3 is 2.62 bits per heavy atom. The lowest BCUT2D eigenvalue weighted by atomic mass is 9.93. The fourth-order valence-corrected chi connectivity index (χ4v) is 1.95. The van der Waals surface area contributed by atoms with Crippen LogP contribution in [0.25, 0.3) is 0 Å². The molecule has 0 aromatic heterocycles. The molecule has 3 nitrogen and oxygen atoms in total. The summed E-state index contributed by atoms with van der Waals surface area (Å²) < 4.78 is 0. The summed E-state index contributed by atoms with van der Waals surface area (Å²) in [4.78, 5) is 11.5. The van der Waals surface area contributed by atoms with E-state index in [1.165, 1.54) is 12.8 Å². The summed E-state index contributed by atoms with van der Waals surface area (Å²) in [6, 6.07) is 0.325. The van der Waals surface area contributed by atoms with E-state index in [9.17, 15) is 4.79 Å². The molecule has 0 saturated carbocycles. The molecular formula is C12H25ClN2O. The van der Waals surface area contributed by atoms with E-state index in [0.29, 0.717) is 12.5 Å². The minimum absolute atomic E-state index is 0. The van der Waals surface area contributed by atoms with Crippen molar-refractivity contribution >= 4 is 18.3 Å². The third-order valence-corrected chi connectivity index (χ3v) is 3.26. The monoisotopic (exact) mass is 248 g/mol. The van der Waals surface area contributed by atoms with Gasteiger partial charge in [0, 0.05) is 12.5 Å². The number of hydrogen-bond donors (Lipinski definition) is 2. The molecule has 0 radical (unpaired) electrons. The molecule has 0 aromatic rings. The van der Waals surface area contributed by atoms with Crippen LogP contribution in [-0.4, -0.2) is 25.0 Å². The molecule has 1 aliphatic rings. The van der Waals surface area contributed by atoms with Gasteiger partial charge in [-0.2, -0.15) is 0 Å². The molecule has 4 heteroatoms. The zero-order chi connectivity index (χ0) is 11.1. The fraction of sp³-hybridized carbons (Fsp3) is 0.917. The molecular weight excluding hydrogens is 224 g/mol. The number of rotatable bonds is 5. The summed E-state index contributed by atoms with van der Waals surface area (Å²) >= 11 is 0. The molecule has 96 valence electrons. The summed E-state index contributed by atoms with van der Waals surface area (Å²) in [6.07, 6.45) is 5.24. The minimum atomic E-state index is 0. The minimum Gasteiger partial charge on any atom is -0.354 e. The number of halogens is 1. The van der Waals surface area contributed by atoms with Gasteiger partial charge in [0.1, 0.15) is 0 Å². The lowest BCUT2D eigenvalue weighted by Gasteiger charge is -2.22. The SMILES string of the molecule is CCC(C)NC(=O)CCC1CCNCC1.Cl. The molecule has 0 bridgehead atoms. The van der Waals surface area contributed by atoms with Gasteiger partial charge in [-0.3, -0.25) is 4.79 Å². The predicted molar refractivity (Wildman–Crippen MR) is 70.0 cm³/mol. The highest BCUT2D eigenvalue weighted by Gasteiger charge is 2.14. The van der Waals surface area contributed by atoms with E-state index in [2.05, 4.69) is 24.5 Å². The molecule has 0 spiro atoms. The smallest absolute Gasteiger partial charge is 0.220 e. The van der Waals surface area contributed by atoms with Crippen LogP contribution in [0.15, 0.2) is 0 Å². The number of amides is 1. The summed E-state index contributed by atoms with van der Waals surface area (Å²) in [5, 5.41) is 6.36. The summed E-state index contributed by atoms with van der Waals surface area (Å²) in [6.45, 7) is 6.40. The largest absolute Gasteiger partial charge is 0.354 e. The maximum absolute atomic E-state index is 11.5. The molecule has 0 aromatic carbocycles. The zero-order valence-electron chi connectivity index (χ0n) is 10.4. The first-order chi connectivity index (χ1) is 7.22. The summed E-state index contributed by atoms with van der Waals surface area (Å²) in [5.41, 5.74) is 0. The first-order valence-corrected chi connectivity index (χ1v) is 6.22. The Morgan fingerprint density at radius 1 is 1.44 bits per heavy atom. The van der Waals surface area contributed by atoms with Gasteiger partial charge in [-0.05, 0) is 51.6 Å². The number of carbonyl (C=O) groups excluding carboxylic acids is 1. The molecule has 1 atom stereocenters. The molecule has 1 heterocycles. The molecule has 1 amide bonds. The molecule has 1 unspecified atom stereocenters. The van der Waals surface area contributed by atoms with Gasteiger partial charge in [-0.1, -0.05) is 6.92 Å². The second-order valence-corrected chi connectivity index (χ2v) is 4.61. The zero-order valence-corrected chi connectivity index (χ0v) is 11.2. The van der Waals surface area contributed by atoms with Crippen LogP contribution in [0.5, 0.6) is 0 Å². The van der Waals surface area contributed by atoms with Crippen molar-refractivity contribution in [2.24, 2.45) is 5.92 Å². The van der Waals surface area contributed by atoms with E-state index < -0.39 is 0 Å². The Hall–Kier alpha value is -0.280. The topological polar surface area (TPSA) is 41.1 Å². The van der Waals surface area contributed by atoms with E-state index in [-0.39, 0.29) is 18.3 Å². The number of piperidine rings is 1. The van der Waals surface area contributed by atoms with Crippen molar-refractivity contribution in [1.82, 2.24) is 10.6 Å². The number of carbonyl (C=O) groups is 1. The number of hydrogen-bond acceptors (Lipinski definition) is 2. The van der Waals surface area contributed by atoms with Crippen LogP contribution >= 0.6 is 12.4 Å². The Labute approximate surface area is 105 Å². The standard InChI is InChI=1S/C12H24N2O.ClH/c1-3-10(2)14-12(15)5-4-11-6-8-13-9-7-11;/h10-11,13H,3-9H2,1-2H3,(H,14,15);1H. The second kappa shape index (κ2) is 8.82. The van der Waals surface area contributed by atoms with Gasteiger partial charge >= 0.3 is 0 Å². The van der Waals surface area contributed by atoms with E-state index in [1.54, 1.807) is 0 Å². The summed E-state index contributed by atoms with van der Waals surface area (Å²) in [7, 11) is 0. The van der Waals surface area contributed by atoms with Gasteiger partial charge in [0.25, 0.3) is 0 Å². The second-order valence-electron chi connectivity index (χ2n) is 4.61. The van der Waals surface area contributed by atoms with Crippen LogP contribution in [0.1, 0.15) is 46.0 Å². The normalized spacial score (nSPS) is 18.6. The van der Waals surface area contributed by atoms with Gasteiger partial charge in [0.05, 0.1) is 0 Å². The molecule has 0 aliphatic carbocycles. The summed E-state index contributed by atoms with van der Waals surface area (Å²) in [5.74, 6) is 0.983. The van der Waals surface area contributed by atoms with Crippen LogP contribution in [0.3, 0.4) is 0 Å². The van der Waals surface area contributed by atoms with Gasteiger partial charge in [-0.15, -0.1) is 12.4 Å². The van der Waals surface area contributed by atoms with Crippen molar-refractivity contribution in [1.29, 1.82) is 0 Å². The highest BCUT2D eigenvalue weighted by atomic mass is 35.5. The Morgan fingerprint density at radius 2 is 2.06 bits per heavy atom. The van der Waals surface area contributed by atoms with Crippen molar-refractivity contribution in [2.75, 3.05) is 13.1 Å². The van der Waals surface area contributed by atoms with E-state index in [0.717, 1.165) is 31.8 Å². The lowest BCUT2D eigenvalue weighted by Crippen LogP contribution is -2.33. The molecule has 16 heavy (non-hydrogen) atoms. The molecule has 1 rings (SSSR count). The third-order valence-electron chi connectivity index (χ3n) is 3.26. The van der Waals surface area contributed by atoms with Crippen LogP contribution < -0.4 is 10.6 Å². The van der Waals surface area contributed by atoms with Crippen molar-refractivity contribution in [3.63, 3.8) is 0 Å². The fourth-order valence-electron chi connectivity index (χ4n) is 1.95. The molecule has 1 fully saturated rings. The highest BCUT2D eigenvalue weighted by molar-refractivity contribution is 5.85. The van der Waals surface area contributed by atoms with Gasteiger partial charge in [-0.25, -0.2) is 0 Å². The lowest BCUT2D eigenvalue weighted by molar-refractivity contribution is -0.122. The van der Waals surface area contributed by atoms with E-state index >= 15 is 0 Å². The van der Waals surface area contributed by atoms with Crippen molar-refractivity contribution in [2.45, 2.75) is 52.0 Å². The van der Waals surface area contributed by atoms with Gasteiger partial charge in [0.15, 0.2) is 0 Å². The maximum atomic E-state index is 11.5. The van der Waals surface area contributed by atoms with E-state index in [4.69, 9.17) is 0 Å². The van der Waals surface area contributed by atoms with Crippen LogP contribution in [0.2, 0.25) is 0 Å². The molecule has 2 N–H and O–H groups in total. The van der Waals surface area contributed by atoms with Crippen molar-refractivity contribution in [3.8, 4) is 0 Å². The first kappa shape index (κ1) is 15.7. The average Bonchev–Trinajstić information content (AvgIpc) is 2.27. The van der Waals surface area contributed by atoms with Gasteiger partial charge < -0.3 is 10.6 Å². The predicted octanol–water partition coefficient (Wildman–Crippen LogP) is 2.10. The molecule has 1 aliphatic heterocycles. The van der Waals surface area contributed by atoms with Gasteiger partial charge in [0.2, 0.25) is 5.91 Å². The van der Waals surface area contributed by atoms with Crippen LogP contribution in [-0.2, 0) is 4.79 Å². The Kier molecular flexibility index (Phi) is 8.67. The quantitative estimate of drug-likeness (QED) is 0.783. The third kappa shape index (κ3) is 6.33.